The van der Waals surface area contributed by atoms with E-state index in [4.69, 9.17) is 0 Å². The maximum atomic E-state index is 13.2. The van der Waals surface area contributed by atoms with E-state index in [0.717, 1.165) is 42.5 Å². The Morgan fingerprint density at radius 2 is 1.78 bits per heavy atom. The second-order valence-electron chi connectivity index (χ2n) is 8.86. The Morgan fingerprint density at radius 3 is 2.44 bits per heavy atom. The quantitative estimate of drug-likeness (QED) is 0.352. The standard InChI is InChI=1S/C26H30N4O4S2/c1-3-5-13-30(14-6-4-2)36(33,34)21-10-7-18(8-11-21)25(32)29-26-28-23(17-35-26)19-9-12-22-20(15-19)16-24(31)27-22/h7-12,15,17H,3-6,13-14,16H2,1-2H3,(H,27,31)(H,28,29,32)/p+1. The number of carbonyl (C=O) groups excluding carboxylic acids is 2. The van der Waals surface area contributed by atoms with E-state index in [-0.39, 0.29) is 16.7 Å². The lowest BCUT2D eigenvalue weighted by Crippen LogP contribution is -3.13. The Kier molecular flexibility index (Phi) is 8.17. The molecule has 0 fully saturated rings. The molecule has 1 aliphatic rings. The molecule has 0 atom stereocenters. The van der Waals surface area contributed by atoms with Crippen LogP contribution in [0.2, 0.25) is 0 Å². The van der Waals surface area contributed by atoms with Gasteiger partial charge in [0.15, 0.2) is 5.13 Å². The molecule has 190 valence electrons. The fraction of sp³-hybridized carbons (Fsp3) is 0.346. The number of rotatable bonds is 11. The third-order valence-electron chi connectivity index (χ3n) is 6.18. The molecule has 0 unspecified atom stereocenters. The molecule has 1 aliphatic heterocycles. The number of aromatic nitrogens is 1. The zero-order chi connectivity index (χ0) is 25.7. The smallest absolute Gasteiger partial charge is 0.325 e. The molecule has 0 saturated carbocycles. The molecule has 0 spiro atoms. The van der Waals surface area contributed by atoms with Crippen molar-refractivity contribution in [1.29, 1.82) is 0 Å². The number of hydrogen-bond donors (Lipinski definition) is 3. The van der Waals surface area contributed by atoms with Crippen LogP contribution in [0.4, 0.5) is 10.8 Å². The number of nitrogens with zero attached hydrogens (tertiary/aromatic N) is 1. The molecule has 3 N–H and O–H groups in total. The summed E-state index contributed by atoms with van der Waals surface area (Å²) >= 11 is 1.30. The molecule has 2 amide bonds. The summed E-state index contributed by atoms with van der Waals surface area (Å²) in [6, 6.07) is 11.8. The fourth-order valence-electron chi connectivity index (χ4n) is 4.12. The first-order valence-electron chi connectivity index (χ1n) is 12.2. The van der Waals surface area contributed by atoms with Gasteiger partial charge < -0.3 is 5.32 Å². The van der Waals surface area contributed by atoms with Crippen LogP contribution in [-0.2, 0) is 21.2 Å². The molecule has 8 nitrogen and oxygen atoms in total. The van der Waals surface area contributed by atoms with E-state index in [1.807, 2.05) is 37.4 Å². The number of anilines is 2. The van der Waals surface area contributed by atoms with Crippen LogP contribution in [-0.4, -0.2) is 38.3 Å². The first kappa shape index (κ1) is 26.0. The summed E-state index contributed by atoms with van der Waals surface area (Å²) in [5, 5.41) is 7.89. The summed E-state index contributed by atoms with van der Waals surface area (Å²) in [7, 11) is -3.53. The highest BCUT2D eigenvalue weighted by Crippen LogP contribution is 2.31. The minimum atomic E-state index is -3.53. The molecule has 2 aromatic carbocycles. The number of benzene rings is 2. The second kappa shape index (κ2) is 11.3. The van der Waals surface area contributed by atoms with Crippen LogP contribution in [0, 0.1) is 0 Å². The van der Waals surface area contributed by atoms with Crippen LogP contribution in [0.1, 0.15) is 55.5 Å². The van der Waals surface area contributed by atoms with Gasteiger partial charge in [-0.2, -0.15) is 8.42 Å². The monoisotopic (exact) mass is 527 g/mol. The van der Waals surface area contributed by atoms with Crippen molar-refractivity contribution in [2.75, 3.05) is 23.7 Å². The number of amides is 2. The molecule has 0 aliphatic carbocycles. The van der Waals surface area contributed by atoms with Gasteiger partial charge in [-0.25, -0.2) is 9.29 Å². The van der Waals surface area contributed by atoms with Gasteiger partial charge >= 0.3 is 10.0 Å². The van der Waals surface area contributed by atoms with Crippen molar-refractivity contribution in [3.63, 3.8) is 0 Å². The summed E-state index contributed by atoms with van der Waals surface area (Å²) in [5.41, 5.74) is 3.68. The van der Waals surface area contributed by atoms with Crippen molar-refractivity contribution < 1.29 is 22.3 Å². The SMILES string of the molecule is CCCC[NH+](CCCC)S(=O)(=O)c1ccc(C(=O)Nc2nc(-c3ccc4c(c3)CC(=O)N4)cs2)cc1. The predicted octanol–water partition coefficient (Wildman–Crippen LogP) is 3.73. The van der Waals surface area contributed by atoms with E-state index in [1.165, 1.54) is 23.5 Å². The molecule has 0 saturated heterocycles. The maximum Gasteiger partial charge on any atom is 0.325 e. The Bertz CT molecular complexity index is 1340. The largest absolute Gasteiger partial charge is 0.326 e. The van der Waals surface area contributed by atoms with Gasteiger partial charge in [0.05, 0.1) is 25.2 Å². The first-order chi connectivity index (χ1) is 17.3. The third-order valence-corrected chi connectivity index (χ3v) is 8.99. The van der Waals surface area contributed by atoms with Gasteiger partial charge in [-0.3, -0.25) is 14.9 Å². The van der Waals surface area contributed by atoms with Gasteiger partial charge in [0.2, 0.25) is 5.91 Å². The summed E-state index contributed by atoms with van der Waals surface area (Å²) in [6.45, 7) is 5.25. The van der Waals surface area contributed by atoms with Gasteiger partial charge in [-0.15, -0.1) is 11.3 Å². The van der Waals surface area contributed by atoms with Crippen LogP contribution in [0.15, 0.2) is 52.7 Å². The van der Waals surface area contributed by atoms with Crippen molar-refractivity contribution in [3.8, 4) is 11.3 Å². The number of nitrogens with one attached hydrogen (secondary N) is 3. The van der Waals surface area contributed by atoms with Crippen LogP contribution in [0.25, 0.3) is 11.3 Å². The van der Waals surface area contributed by atoms with Crippen LogP contribution in [0.5, 0.6) is 0 Å². The Labute approximate surface area is 215 Å². The van der Waals surface area contributed by atoms with Gasteiger partial charge in [0, 0.05) is 22.2 Å². The number of unbranched alkanes of at least 4 members (excludes halogenated alkanes) is 2. The summed E-state index contributed by atoms with van der Waals surface area (Å²) in [4.78, 5) is 29.1. The zero-order valence-electron chi connectivity index (χ0n) is 20.5. The van der Waals surface area contributed by atoms with E-state index in [9.17, 15) is 18.0 Å². The number of quaternary nitrogens is 1. The lowest BCUT2D eigenvalue weighted by atomic mass is 10.1. The highest BCUT2D eigenvalue weighted by molar-refractivity contribution is 7.85. The van der Waals surface area contributed by atoms with Crippen molar-refractivity contribution in [2.45, 2.75) is 50.8 Å². The second-order valence-corrected chi connectivity index (χ2v) is 11.8. The van der Waals surface area contributed by atoms with Crippen LogP contribution >= 0.6 is 11.3 Å². The number of thiazole rings is 1. The van der Waals surface area contributed by atoms with E-state index in [0.29, 0.717) is 40.2 Å². The summed E-state index contributed by atoms with van der Waals surface area (Å²) < 4.78 is 26.9. The minimum Gasteiger partial charge on any atom is -0.326 e. The Hall–Kier alpha value is -3.08. The van der Waals surface area contributed by atoms with Crippen LogP contribution in [0.3, 0.4) is 0 Å². The van der Waals surface area contributed by atoms with Crippen molar-refractivity contribution in [1.82, 2.24) is 4.98 Å². The van der Waals surface area contributed by atoms with Crippen molar-refractivity contribution in [3.05, 3.63) is 59.0 Å². The molecule has 1 aromatic heterocycles. The number of carbonyl (C=O) groups is 2. The van der Waals surface area contributed by atoms with E-state index >= 15 is 0 Å². The van der Waals surface area contributed by atoms with Crippen molar-refractivity contribution in [2.24, 2.45) is 0 Å². The van der Waals surface area contributed by atoms with Crippen LogP contribution < -0.4 is 14.9 Å². The lowest BCUT2D eigenvalue weighted by molar-refractivity contribution is -0.768. The highest BCUT2D eigenvalue weighted by atomic mass is 32.2. The molecule has 36 heavy (non-hydrogen) atoms. The minimum absolute atomic E-state index is 0.0248. The maximum absolute atomic E-state index is 13.2. The van der Waals surface area contributed by atoms with Gasteiger partial charge in [0.1, 0.15) is 4.90 Å². The number of sulfonamides is 1. The fourth-order valence-corrected chi connectivity index (χ4v) is 6.48. The average Bonchev–Trinajstić information content (AvgIpc) is 3.49. The molecule has 4 rings (SSSR count). The van der Waals surface area contributed by atoms with Gasteiger partial charge in [-0.1, -0.05) is 32.8 Å². The predicted molar refractivity (Wildman–Crippen MR) is 142 cm³/mol. The molecule has 10 heteroatoms. The topological polar surface area (TPSA) is 110 Å². The molecule has 2 heterocycles. The number of hydrogen-bond acceptors (Lipinski definition) is 6. The van der Waals surface area contributed by atoms with E-state index in [2.05, 4.69) is 15.6 Å². The normalized spacial score (nSPS) is 13.0. The molecule has 3 aromatic rings. The highest BCUT2D eigenvalue weighted by Gasteiger charge is 2.27. The van der Waals surface area contributed by atoms with E-state index < -0.39 is 10.0 Å². The Morgan fingerprint density at radius 1 is 1.08 bits per heavy atom. The Balaban J connectivity index is 1.44. The zero-order valence-corrected chi connectivity index (χ0v) is 22.1. The van der Waals surface area contributed by atoms with Crippen molar-refractivity contribution >= 4 is 44.0 Å². The molecule has 0 bridgehead atoms. The number of fused-ring (bicyclic) bond motifs is 1. The molecular formula is C26H31N4O4S2+. The molecular weight excluding hydrogens is 496 g/mol. The average molecular weight is 528 g/mol. The van der Waals surface area contributed by atoms with Gasteiger partial charge in [0.25, 0.3) is 5.91 Å². The van der Waals surface area contributed by atoms with E-state index in [1.54, 1.807) is 12.1 Å². The summed E-state index contributed by atoms with van der Waals surface area (Å²) in [5.74, 6) is -0.381. The molecule has 0 radical (unpaired) electrons. The van der Waals surface area contributed by atoms with Gasteiger partial charge in [-0.05, 0) is 54.8 Å². The third kappa shape index (κ3) is 5.83. The first-order valence-corrected chi connectivity index (χ1v) is 14.6. The summed E-state index contributed by atoms with van der Waals surface area (Å²) in [6.07, 6.45) is 3.90. The lowest BCUT2D eigenvalue weighted by Gasteiger charge is -2.18.